The van der Waals surface area contributed by atoms with Gasteiger partial charge in [0, 0.05) is 23.5 Å². The van der Waals surface area contributed by atoms with Crippen LogP contribution in [0.5, 0.6) is 0 Å². The first-order valence-electron chi connectivity index (χ1n) is 5.78. The van der Waals surface area contributed by atoms with Gasteiger partial charge in [0.15, 0.2) is 0 Å². The van der Waals surface area contributed by atoms with Crippen LogP contribution < -0.4 is 5.32 Å². The summed E-state index contributed by atoms with van der Waals surface area (Å²) in [4.78, 5) is 1.40. The maximum absolute atomic E-state index is 4.83. The standard InChI is InChI=1S/C13H14N2OS/c1-2-4-13-11(3-1)12(6-8-17-13)14-9-10-5-7-16-15-10/h1-5,7,12,14H,6,8-9H2. The number of nitrogens with one attached hydrogen (secondary N) is 1. The lowest BCUT2D eigenvalue weighted by atomic mass is 10.0. The maximum atomic E-state index is 4.83. The van der Waals surface area contributed by atoms with E-state index in [0.29, 0.717) is 6.04 Å². The molecule has 17 heavy (non-hydrogen) atoms. The van der Waals surface area contributed by atoms with Gasteiger partial charge in [-0.1, -0.05) is 23.4 Å². The predicted molar refractivity (Wildman–Crippen MR) is 67.9 cm³/mol. The van der Waals surface area contributed by atoms with Crippen LogP contribution in [-0.2, 0) is 6.54 Å². The summed E-state index contributed by atoms with van der Waals surface area (Å²) in [5.74, 6) is 1.17. The highest BCUT2D eigenvalue weighted by Gasteiger charge is 2.19. The van der Waals surface area contributed by atoms with Gasteiger partial charge in [-0.2, -0.15) is 0 Å². The molecular weight excluding hydrogens is 232 g/mol. The largest absolute Gasteiger partial charge is 0.364 e. The average Bonchev–Trinajstić information content (AvgIpc) is 2.89. The minimum Gasteiger partial charge on any atom is -0.364 e. The number of aromatic nitrogens is 1. The summed E-state index contributed by atoms with van der Waals surface area (Å²) in [6, 6.07) is 11.0. The molecule has 4 heteroatoms. The van der Waals surface area contributed by atoms with Gasteiger partial charge in [-0.3, -0.25) is 0 Å². The molecule has 0 bridgehead atoms. The van der Waals surface area contributed by atoms with Crippen LogP contribution in [0.25, 0.3) is 0 Å². The van der Waals surface area contributed by atoms with Crippen molar-refractivity contribution in [2.75, 3.05) is 5.75 Å². The lowest BCUT2D eigenvalue weighted by molar-refractivity contribution is 0.403. The van der Waals surface area contributed by atoms with Crippen molar-refractivity contribution in [3.8, 4) is 0 Å². The van der Waals surface area contributed by atoms with E-state index in [1.165, 1.54) is 22.6 Å². The van der Waals surface area contributed by atoms with Crippen LogP contribution >= 0.6 is 11.8 Å². The molecule has 1 aromatic carbocycles. The number of rotatable bonds is 3. The van der Waals surface area contributed by atoms with E-state index < -0.39 is 0 Å². The summed E-state index contributed by atoms with van der Waals surface area (Å²) >= 11 is 1.94. The molecule has 2 aromatic rings. The Morgan fingerprint density at radius 1 is 1.35 bits per heavy atom. The van der Waals surface area contributed by atoms with Crippen LogP contribution in [0.15, 0.2) is 46.0 Å². The predicted octanol–water partition coefficient (Wildman–Crippen LogP) is 3.00. The first-order valence-corrected chi connectivity index (χ1v) is 6.76. The Hall–Kier alpha value is -1.26. The Kier molecular flexibility index (Phi) is 3.16. The molecule has 1 aromatic heterocycles. The number of hydrogen-bond donors (Lipinski definition) is 1. The number of hydrogen-bond acceptors (Lipinski definition) is 4. The number of thioether (sulfide) groups is 1. The summed E-state index contributed by atoms with van der Waals surface area (Å²) in [6.07, 6.45) is 2.78. The Balaban J connectivity index is 1.72. The van der Waals surface area contributed by atoms with Gasteiger partial charge in [-0.25, -0.2) is 0 Å². The van der Waals surface area contributed by atoms with Gasteiger partial charge in [0.25, 0.3) is 0 Å². The molecule has 88 valence electrons. The molecule has 1 N–H and O–H groups in total. The van der Waals surface area contributed by atoms with Crippen molar-refractivity contribution in [2.24, 2.45) is 0 Å². The third kappa shape index (κ3) is 2.37. The topological polar surface area (TPSA) is 38.1 Å². The molecular formula is C13H14N2OS. The highest BCUT2D eigenvalue weighted by Crippen LogP contribution is 2.35. The first-order chi connectivity index (χ1) is 8.43. The van der Waals surface area contributed by atoms with Crippen molar-refractivity contribution < 1.29 is 4.52 Å². The van der Waals surface area contributed by atoms with E-state index in [1.54, 1.807) is 6.26 Å². The number of benzene rings is 1. The van der Waals surface area contributed by atoms with Crippen LogP contribution in [0.4, 0.5) is 0 Å². The number of nitrogens with zero attached hydrogens (tertiary/aromatic N) is 1. The fourth-order valence-electron chi connectivity index (χ4n) is 2.11. The summed E-state index contributed by atoms with van der Waals surface area (Å²) < 4.78 is 4.83. The smallest absolute Gasteiger partial charge is 0.124 e. The Labute approximate surface area is 105 Å². The minimum atomic E-state index is 0.434. The molecule has 0 fully saturated rings. The Morgan fingerprint density at radius 2 is 2.29 bits per heavy atom. The van der Waals surface area contributed by atoms with E-state index in [-0.39, 0.29) is 0 Å². The van der Waals surface area contributed by atoms with Crippen molar-refractivity contribution in [1.29, 1.82) is 0 Å². The van der Waals surface area contributed by atoms with Gasteiger partial charge in [-0.15, -0.1) is 11.8 Å². The molecule has 0 spiro atoms. The zero-order valence-corrected chi connectivity index (χ0v) is 10.2. The van der Waals surface area contributed by atoms with E-state index in [1.807, 2.05) is 17.8 Å². The van der Waals surface area contributed by atoms with Crippen molar-refractivity contribution >= 4 is 11.8 Å². The quantitative estimate of drug-likeness (QED) is 0.903. The third-order valence-electron chi connectivity index (χ3n) is 2.98. The second kappa shape index (κ2) is 4.94. The first kappa shape index (κ1) is 10.9. The average molecular weight is 246 g/mol. The molecule has 0 aliphatic carbocycles. The summed E-state index contributed by atoms with van der Waals surface area (Å²) in [6.45, 7) is 0.764. The van der Waals surface area contributed by atoms with Crippen LogP contribution in [0.3, 0.4) is 0 Å². The summed E-state index contributed by atoms with van der Waals surface area (Å²) in [5.41, 5.74) is 2.37. The minimum absolute atomic E-state index is 0.434. The van der Waals surface area contributed by atoms with Gasteiger partial charge in [0.2, 0.25) is 0 Å². The zero-order valence-electron chi connectivity index (χ0n) is 9.43. The molecule has 1 atom stereocenters. The van der Waals surface area contributed by atoms with Gasteiger partial charge < -0.3 is 9.84 Å². The molecule has 3 nitrogen and oxygen atoms in total. The monoisotopic (exact) mass is 246 g/mol. The van der Waals surface area contributed by atoms with Gasteiger partial charge in [0.1, 0.15) is 6.26 Å². The Morgan fingerprint density at radius 3 is 3.18 bits per heavy atom. The fraction of sp³-hybridized carbons (Fsp3) is 0.308. The highest BCUT2D eigenvalue weighted by molar-refractivity contribution is 7.99. The van der Waals surface area contributed by atoms with Crippen LogP contribution in [0.1, 0.15) is 23.7 Å². The van der Waals surface area contributed by atoms with Crippen LogP contribution in [-0.4, -0.2) is 10.9 Å². The molecule has 1 aliphatic rings. The SMILES string of the molecule is c1ccc2c(c1)SCCC2NCc1ccon1. The lowest BCUT2D eigenvalue weighted by Gasteiger charge is -2.25. The van der Waals surface area contributed by atoms with E-state index in [4.69, 9.17) is 4.52 Å². The van der Waals surface area contributed by atoms with E-state index in [9.17, 15) is 0 Å². The van der Waals surface area contributed by atoms with Crippen molar-refractivity contribution in [1.82, 2.24) is 10.5 Å². The van der Waals surface area contributed by atoms with Gasteiger partial charge in [-0.05, 0) is 23.8 Å². The molecule has 0 amide bonds. The Bertz CT molecular complexity index is 484. The van der Waals surface area contributed by atoms with Crippen molar-refractivity contribution in [3.05, 3.63) is 47.9 Å². The fourth-order valence-corrected chi connectivity index (χ4v) is 3.24. The van der Waals surface area contributed by atoms with Gasteiger partial charge >= 0.3 is 0 Å². The molecule has 2 heterocycles. The molecule has 0 saturated heterocycles. The maximum Gasteiger partial charge on any atom is 0.124 e. The molecule has 1 unspecified atom stereocenters. The normalized spacial score (nSPS) is 18.9. The second-order valence-electron chi connectivity index (χ2n) is 4.10. The molecule has 3 rings (SSSR count). The molecule has 0 saturated carbocycles. The third-order valence-corrected chi connectivity index (χ3v) is 4.10. The zero-order chi connectivity index (χ0) is 11.5. The molecule has 1 aliphatic heterocycles. The van der Waals surface area contributed by atoms with Crippen LogP contribution in [0, 0.1) is 0 Å². The highest BCUT2D eigenvalue weighted by atomic mass is 32.2. The summed E-state index contributed by atoms with van der Waals surface area (Å²) in [5, 5.41) is 7.46. The lowest BCUT2D eigenvalue weighted by Crippen LogP contribution is -2.24. The van der Waals surface area contributed by atoms with Crippen molar-refractivity contribution in [3.63, 3.8) is 0 Å². The second-order valence-corrected chi connectivity index (χ2v) is 5.24. The van der Waals surface area contributed by atoms with Crippen LogP contribution in [0.2, 0.25) is 0 Å². The van der Waals surface area contributed by atoms with Gasteiger partial charge in [0.05, 0.1) is 5.69 Å². The number of fused-ring (bicyclic) bond motifs is 1. The van der Waals surface area contributed by atoms with E-state index in [0.717, 1.165) is 12.2 Å². The van der Waals surface area contributed by atoms with E-state index >= 15 is 0 Å². The molecule has 0 radical (unpaired) electrons. The van der Waals surface area contributed by atoms with E-state index in [2.05, 4.69) is 34.7 Å². The van der Waals surface area contributed by atoms with Crippen molar-refractivity contribution in [2.45, 2.75) is 23.9 Å². The summed E-state index contributed by atoms with van der Waals surface area (Å²) in [7, 11) is 0.